The van der Waals surface area contributed by atoms with Gasteiger partial charge in [-0.3, -0.25) is 9.78 Å². The lowest BCUT2D eigenvalue weighted by Crippen LogP contribution is -2.53. The van der Waals surface area contributed by atoms with Gasteiger partial charge in [0.2, 0.25) is 5.91 Å². The number of hydrogen-bond acceptors (Lipinski definition) is 6. The number of pyridine rings is 1. The lowest BCUT2D eigenvalue weighted by molar-refractivity contribution is -0.120. The summed E-state index contributed by atoms with van der Waals surface area (Å²) in [6.45, 7) is 4.30. The minimum absolute atomic E-state index is 0.00776. The molecule has 31 heavy (non-hydrogen) atoms. The summed E-state index contributed by atoms with van der Waals surface area (Å²) in [7, 11) is -1.36. The average molecular weight is 427 g/mol. The number of aromatic carboxylic acids is 1. The zero-order chi connectivity index (χ0) is 23.0. The molecule has 2 aromatic rings. The highest BCUT2D eigenvalue weighted by atomic mass is 16.5. The number of carboxylic acid groups (broad SMARTS) is 1. The van der Waals surface area contributed by atoms with Crippen molar-refractivity contribution in [2.75, 3.05) is 0 Å². The van der Waals surface area contributed by atoms with Gasteiger partial charge in [-0.15, -0.1) is 0 Å². The molecule has 0 fully saturated rings. The number of aliphatic imine (C=N–C) groups is 1. The van der Waals surface area contributed by atoms with E-state index >= 15 is 0 Å². The minimum atomic E-state index is -1.36. The van der Waals surface area contributed by atoms with Crippen LogP contribution in [0.25, 0.3) is 0 Å². The van der Waals surface area contributed by atoms with E-state index in [4.69, 9.17) is 16.1 Å². The van der Waals surface area contributed by atoms with Crippen molar-refractivity contribution in [2.24, 2.45) is 16.5 Å². The van der Waals surface area contributed by atoms with Gasteiger partial charge in [0.15, 0.2) is 5.96 Å². The molecular weight excluding hydrogens is 401 g/mol. The standard InChI is InChI=1S/C18H20BN5O5.C2H6/c20-18(21)23-9-10-4-5-12(22-8-10)7-15(25)24-14-6-11-2-1-3-13(17(26)27)16(11)29-19(14)28;1-2/h1-5,8,14,28H,6-7,9H2,(H,24,25)(H,26,27)(H4,20,21,23);1-2H3. The highest BCUT2D eigenvalue weighted by Gasteiger charge is 2.37. The second-order valence-electron chi connectivity index (χ2n) is 6.56. The maximum atomic E-state index is 12.3. The predicted octanol–water partition coefficient (Wildman–Crippen LogP) is 0.262. The van der Waals surface area contributed by atoms with E-state index in [0.717, 1.165) is 5.56 Å². The van der Waals surface area contributed by atoms with Crippen molar-refractivity contribution in [1.82, 2.24) is 10.3 Å². The topological polar surface area (TPSA) is 173 Å². The molecule has 1 aliphatic heterocycles. The smallest absolute Gasteiger partial charge is 0.534 e. The normalized spacial score (nSPS) is 14.3. The number of guanidine groups is 1. The summed E-state index contributed by atoms with van der Waals surface area (Å²) in [4.78, 5) is 31.7. The van der Waals surface area contributed by atoms with Crippen LogP contribution in [0.2, 0.25) is 0 Å². The Morgan fingerprint density at radius 1 is 1.29 bits per heavy atom. The van der Waals surface area contributed by atoms with Crippen LogP contribution in [0.4, 0.5) is 0 Å². The molecule has 0 bridgehead atoms. The molecular formula is C20H26BN5O5. The summed E-state index contributed by atoms with van der Waals surface area (Å²) in [5.74, 6) is -2.10. The van der Waals surface area contributed by atoms with Gasteiger partial charge in [0.25, 0.3) is 0 Å². The van der Waals surface area contributed by atoms with E-state index < -0.39 is 19.0 Å². The molecule has 0 saturated carbocycles. The van der Waals surface area contributed by atoms with Crippen molar-refractivity contribution in [3.63, 3.8) is 0 Å². The number of nitrogens with two attached hydrogens (primary N) is 2. The second kappa shape index (κ2) is 11.0. The SMILES string of the molecule is CC.NC(N)=NCc1ccc(CC(=O)NC2Cc3cccc(C(=O)O)c3OB2O)nc1. The Morgan fingerprint density at radius 3 is 2.65 bits per heavy atom. The van der Waals surface area contributed by atoms with Crippen LogP contribution >= 0.6 is 0 Å². The molecule has 1 aliphatic rings. The van der Waals surface area contributed by atoms with Crippen molar-refractivity contribution >= 4 is 25.0 Å². The number of rotatable bonds is 6. The summed E-state index contributed by atoms with van der Waals surface area (Å²) in [5, 5.41) is 22.1. The highest BCUT2D eigenvalue weighted by Crippen LogP contribution is 2.30. The monoisotopic (exact) mass is 427 g/mol. The van der Waals surface area contributed by atoms with Crippen LogP contribution in [-0.4, -0.2) is 46.0 Å². The fourth-order valence-electron chi connectivity index (χ4n) is 2.97. The second-order valence-corrected chi connectivity index (χ2v) is 6.56. The number of carboxylic acids is 1. The number of nitrogens with zero attached hydrogens (tertiary/aromatic N) is 2. The third-order valence-corrected chi connectivity index (χ3v) is 4.37. The first kappa shape index (κ1) is 23.7. The maximum absolute atomic E-state index is 12.3. The van der Waals surface area contributed by atoms with Gasteiger partial charge in [-0.2, -0.15) is 0 Å². The molecule has 0 spiro atoms. The molecule has 0 aliphatic carbocycles. The zero-order valence-electron chi connectivity index (χ0n) is 17.4. The molecule has 1 aromatic carbocycles. The van der Waals surface area contributed by atoms with Gasteiger partial charge in [-0.25, -0.2) is 9.79 Å². The number of carbonyl (C=O) groups is 2. The molecule has 3 rings (SSSR count). The molecule has 1 unspecified atom stereocenters. The van der Waals surface area contributed by atoms with Crippen LogP contribution in [-0.2, 0) is 24.2 Å². The Labute approximate surface area is 180 Å². The molecule has 0 radical (unpaired) electrons. The summed E-state index contributed by atoms with van der Waals surface area (Å²) in [6, 6.07) is 8.15. The van der Waals surface area contributed by atoms with Crippen LogP contribution in [0, 0.1) is 0 Å². The van der Waals surface area contributed by atoms with Crippen molar-refractivity contribution < 1.29 is 24.4 Å². The van der Waals surface area contributed by atoms with Gasteiger partial charge in [0.1, 0.15) is 5.75 Å². The number of benzene rings is 1. The predicted molar refractivity (Wildman–Crippen MR) is 116 cm³/mol. The minimum Gasteiger partial charge on any atom is -0.534 e. The summed E-state index contributed by atoms with van der Waals surface area (Å²) < 4.78 is 5.36. The molecule has 1 aromatic heterocycles. The first-order valence-electron chi connectivity index (χ1n) is 9.82. The Kier molecular flexibility index (Phi) is 8.38. The third-order valence-electron chi connectivity index (χ3n) is 4.37. The largest absolute Gasteiger partial charge is 0.547 e. The maximum Gasteiger partial charge on any atom is 0.547 e. The molecule has 7 N–H and O–H groups in total. The summed E-state index contributed by atoms with van der Waals surface area (Å²) >= 11 is 0. The Hall–Kier alpha value is -3.60. The Bertz CT molecular complexity index is 947. The van der Waals surface area contributed by atoms with Gasteiger partial charge in [0, 0.05) is 11.9 Å². The van der Waals surface area contributed by atoms with Gasteiger partial charge >= 0.3 is 13.1 Å². The molecule has 0 saturated heterocycles. The summed E-state index contributed by atoms with van der Waals surface area (Å²) in [5.41, 5.74) is 12.5. The van der Waals surface area contributed by atoms with E-state index in [0.29, 0.717) is 17.8 Å². The van der Waals surface area contributed by atoms with E-state index in [1.807, 2.05) is 13.8 Å². The van der Waals surface area contributed by atoms with Crippen molar-refractivity contribution in [1.29, 1.82) is 0 Å². The average Bonchev–Trinajstić information content (AvgIpc) is 2.74. The van der Waals surface area contributed by atoms with E-state index in [-0.39, 0.29) is 36.0 Å². The molecule has 2 heterocycles. The van der Waals surface area contributed by atoms with E-state index in [1.165, 1.54) is 6.07 Å². The fourth-order valence-corrected chi connectivity index (χ4v) is 2.97. The molecule has 164 valence electrons. The molecule has 1 amide bonds. The third kappa shape index (κ3) is 6.44. The lowest BCUT2D eigenvalue weighted by Gasteiger charge is -2.28. The van der Waals surface area contributed by atoms with Crippen molar-refractivity contribution in [3.05, 3.63) is 58.9 Å². The van der Waals surface area contributed by atoms with Crippen LogP contribution in [0.3, 0.4) is 0 Å². The Balaban J connectivity index is 0.00000166. The molecule has 10 nitrogen and oxygen atoms in total. The Morgan fingerprint density at radius 2 is 2.03 bits per heavy atom. The number of nitrogens with one attached hydrogen (secondary N) is 1. The number of fused-ring (bicyclic) bond motifs is 1. The van der Waals surface area contributed by atoms with Gasteiger partial charge in [-0.05, 0) is 29.7 Å². The fraction of sp³-hybridized carbons (Fsp3) is 0.300. The van der Waals surface area contributed by atoms with Crippen LogP contribution in [0.15, 0.2) is 41.5 Å². The van der Waals surface area contributed by atoms with E-state index in [1.54, 1.807) is 30.5 Å². The van der Waals surface area contributed by atoms with Gasteiger partial charge in [-0.1, -0.05) is 32.0 Å². The van der Waals surface area contributed by atoms with Crippen LogP contribution < -0.4 is 21.4 Å². The number of hydrogen-bond donors (Lipinski definition) is 5. The quantitative estimate of drug-likeness (QED) is 0.248. The molecule has 1 atom stereocenters. The number of aromatic nitrogens is 1. The van der Waals surface area contributed by atoms with E-state index in [2.05, 4.69) is 15.3 Å². The first-order chi connectivity index (χ1) is 14.8. The van der Waals surface area contributed by atoms with Gasteiger partial charge in [0.05, 0.1) is 24.5 Å². The van der Waals surface area contributed by atoms with Crippen LogP contribution in [0.5, 0.6) is 5.75 Å². The van der Waals surface area contributed by atoms with Gasteiger partial charge < -0.3 is 31.6 Å². The lowest BCUT2D eigenvalue weighted by atomic mass is 9.72. The van der Waals surface area contributed by atoms with Crippen LogP contribution in [0.1, 0.15) is 41.0 Å². The highest BCUT2D eigenvalue weighted by molar-refractivity contribution is 6.47. The zero-order valence-corrected chi connectivity index (χ0v) is 17.4. The molecule has 11 heteroatoms. The number of para-hydroxylation sites is 1. The van der Waals surface area contributed by atoms with Crippen molar-refractivity contribution in [2.45, 2.75) is 39.2 Å². The van der Waals surface area contributed by atoms with E-state index in [9.17, 15) is 19.7 Å². The summed E-state index contributed by atoms with van der Waals surface area (Å²) in [6.07, 6.45) is 1.83. The first-order valence-corrected chi connectivity index (χ1v) is 9.82. The van der Waals surface area contributed by atoms with Crippen molar-refractivity contribution in [3.8, 4) is 5.75 Å². The number of carbonyl (C=O) groups excluding carboxylic acids is 1. The number of amides is 1.